The Morgan fingerprint density at radius 1 is 0.972 bits per heavy atom. The van der Waals surface area contributed by atoms with E-state index in [1.54, 1.807) is 23.8 Å². The molecular weight excluding hydrogens is 507 g/mol. The molecule has 0 saturated carbocycles. The van der Waals surface area contributed by atoms with Crippen LogP contribution < -0.4 is 14.4 Å². The summed E-state index contributed by atoms with van der Waals surface area (Å²) in [6, 6.07) is 27.9. The number of anilines is 1. The first-order valence-corrected chi connectivity index (χ1v) is 13.7. The van der Waals surface area contributed by atoms with Gasteiger partial charge < -0.3 is 9.47 Å². The number of carbonyl (C=O) groups is 1. The molecule has 1 fully saturated rings. The molecule has 0 N–H and O–H groups in total. The van der Waals surface area contributed by atoms with Gasteiger partial charge in [0.25, 0.3) is 5.91 Å². The predicted octanol–water partition coefficient (Wildman–Crippen LogP) is 7.56. The van der Waals surface area contributed by atoms with Crippen molar-refractivity contribution < 1.29 is 14.3 Å². The average Bonchev–Trinajstić information content (AvgIpc) is 3.19. The van der Waals surface area contributed by atoms with E-state index in [1.807, 2.05) is 73.0 Å². The van der Waals surface area contributed by atoms with Gasteiger partial charge in [-0.25, -0.2) is 0 Å². The van der Waals surface area contributed by atoms with Gasteiger partial charge in [0.15, 0.2) is 15.8 Å². The molecule has 0 atom stereocenters. The third-order valence-corrected chi connectivity index (χ3v) is 7.88. The summed E-state index contributed by atoms with van der Waals surface area (Å²) < 4.78 is 12.3. The number of hydrogen-bond acceptors (Lipinski definition) is 6. The Morgan fingerprint density at radius 2 is 1.78 bits per heavy atom. The molecule has 1 aliphatic heterocycles. The molecule has 0 aromatic heterocycles. The van der Waals surface area contributed by atoms with Crippen molar-refractivity contribution >= 4 is 68.5 Å². The highest BCUT2D eigenvalue weighted by molar-refractivity contribution is 8.27. The van der Waals surface area contributed by atoms with Gasteiger partial charge >= 0.3 is 0 Å². The van der Waals surface area contributed by atoms with Crippen molar-refractivity contribution in [3.8, 4) is 11.5 Å². The molecule has 4 aromatic rings. The molecule has 0 unspecified atom stereocenters. The topological polar surface area (TPSA) is 38.8 Å². The molecule has 0 bridgehead atoms. The number of nitrogens with zero attached hydrogens (tertiary/aromatic N) is 1. The van der Waals surface area contributed by atoms with E-state index in [0.29, 0.717) is 27.3 Å². The number of methoxy groups -OCH3 is 1. The highest BCUT2D eigenvalue weighted by atomic mass is 32.2. The number of rotatable bonds is 7. The second kappa shape index (κ2) is 10.8. The zero-order valence-electron chi connectivity index (χ0n) is 19.8. The number of thiocarbonyl (C=S) groups is 1. The van der Waals surface area contributed by atoms with Gasteiger partial charge in [-0.2, -0.15) is 0 Å². The smallest absolute Gasteiger partial charge is 0.270 e. The van der Waals surface area contributed by atoms with Crippen LogP contribution in [0.15, 0.2) is 94.7 Å². The van der Waals surface area contributed by atoms with E-state index < -0.39 is 0 Å². The van der Waals surface area contributed by atoms with E-state index in [9.17, 15) is 4.79 Å². The molecule has 1 saturated heterocycles. The molecule has 4 aromatic carbocycles. The molecule has 5 rings (SSSR count). The molecule has 1 amide bonds. The Morgan fingerprint density at radius 3 is 2.61 bits per heavy atom. The van der Waals surface area contributed by atoms with E-state index in [-0.39, 0.29) is 5.91 Å². The predicted molar refractivity (Wildman–Crippen MR) is 155 cm³/mol. The largest absolute Gasteiger partial charge is 0.493 e. The van der Waals surface area contributed by atoms with Crippen LogP contribution in [0, 0.1) is 0 Å². The van der Waals surface area contributed by atoms with Crippen LogP contribution in [0.5, 0.6) is 11.5 Å². The maximum Gasteiger partial charge on any atom is 0.270 e. The third kappa shape index (κ3) is 5.00. The molecular formula is C29H23NO3S3. The van der Waals surface area contributed by atoms with Crippen LogP contribution in [0.25, 0.3) is 16.8 Å². The van der Waals surface area contributed by atoms with Crippen molar-refractivity contribution in [3.05, 3.63) is 101 Å². The lowest BCUT2D eigenvalue weighted by atomic mass is 10.1. The lowest BCUT2D eigenvalue weighted by molar-refractivity contribution is -0.113. The summed E-state index contributed by atoms with van der Waals surface area (Å²) >= 11 is 8.46. The van der Waals surface area contributed by atoms with Gasteiger partial charge in [-0.15, -0.1) is 11.8 Å². The maximum atomic E-state index is 13.2. The molecule has 180 valence electrons. The Balaban J connectivity index is 1.36. The zero-order valence-corrected chi connectivity index (χ0v) is 22.2. The number of carbonyl (C=O) groups excluding carboxylic acids is 1. The molecule has 4 nitrogen and oxygen atoms in total. The first-order valence-electron chi connectivity index (χ1n) is 11.3. The molecule has 0 radical (unpaired) electrons. The monoisotopic (exact) mass is 529 g/mol. The number of benzene rings is 4. The van der Waals surface area contributed by atoms with Crippen molar-refractivity contribution in [2.45, 2.75) is 11.5 Å². The van der Waals surface area contributed by atoms with Crippen LogP contribution in [-0.4, -0.2) is 23.6 Å². The quantitative estimate of drug-likeness (QED) is 0.140. The summed E-state index contributed by atoms with van der Waals surface area (Å²) in [6.07, 6.45) is 3.85. The minimum Gasteiger partial charge on any atom is -0.493 e. The van der Waals surface area contributed by atoms with Crippen molar-refractivity contribution in [3.63, 3.8) is 0 Å². The Hall–Kier alpha value is -3.26. The first-order chi connectivity index (χ1) is 17.6. The molecule has 1 aliphatic rings. The molecule has 7 heteroatoms. The van der Waals surface area contributed by atoms with Crippen LogP contribution in [0.1, 0.15) is 11.1 Å². The summed E-state index contributed by atoms with van der Waals surface area (Å²) in [7, 11) is 1.61. The normalized spacial score (nSPS) is 14.6. The van der Waals surface area contributed by atoms with Crippen molar-refractivity contribution in [2.24, 2.45) is 0 Å². The summed E-state index contributed by atoms with van der Waals surface area (Å²) in [4.78, 5) is 16.4. The highest BCUT2D eigenvalue weighted by Gasteiger charge is 2.33. The first kappa shape index (κ1) is 24.4. The van der Waals surface area contributed by atoms with Gasteiger partial charge in [0, 0.05) is 4.90 Å². The summed E-state index contributed by atoms with van der Waals surface area (Å²) in [5, 5.41) is 2.35. The number of thioether (sulfide) groups is 2. The average molecular weight is 530 g/mol. The Kier molecular flexibility index (Phi) is 7.32. The molecule has 36 heavy (non-hydrogen) atoms. The van der Waals surface area contributed by atoms with E-state index in [0.717, 1.165) is 21.7 Å². The van der Waals surface area contributed by atoms with Crippen molar-refractivity contribution in [1.82, 2.24) is 0 Å². The minimum absolute atomic E-state index is 0.126. The fourth-order valence-corrected chi connectivity index (χ4v) is 5.81. The second-order valence-corrected chi connectivity index (χ2v) is 10.6. The highest BCUT2D eigenvalue weighted by Crippen LogP contribution is 2.38. The number of amides is 1. The van der Waals surface area contributed by atoms with Gasteiger partial charge in [-0.1, -0.05) is 78.6 Å². The molecule has 0 spiro atoms. The van der Waals surface area contributed by atoms with Gasteiger partial charge in [0.05, 0.1) is 17.7 Å². The number of fused-ring (bicyclic) bond motifs is 1. The van der Waals surface area contributed by atoms with E-state index >= 15 is 0 Å². The SMILES string of the molecule is COc1cc(/C=C2/SC(=S)N(c3cccc(SC)c3)C2=O)ccc1OCc1cccc2ccccc12. The van der Waals surface area contributed by atoms with E-state index in [2.05, 4.69) is 24.3 Å². The Labute approximate surface area is 224 Å². The van der Waals surface area contributed by atoms with Crippen LogP contribution in [0.3, 0.4) is 0 Å². The lowest BCUT2D eigenvalue weighted by Crippen LogP contribution is -2.27. The van der Waals surface area contributed by atoms with Crippen LogP contribution in [0.2, 0.25) is 0 Å². The standard InChI is InChI=1S/C29H23NO3S3/c1-32-26-15-19(13-14-25(26)33-18-21-9-5-8-20-7-3-4-12-24(20)21)16-27-28(31)30(29(34)36-27)22-10-6-11-23(17-22)35-2/h3-17H,18H2,1-2H3/b27-16+. The Bertz CT molecular complexity index is 1490. The van der Waals surface area contributed by atoms with Crippen LogP contribution >= 0.6 is 35.7 Å². The van der Waals surface area contributed by atoms with Gasteiger partial charge in [-0.05, 0) is 64.6 Å². The van der Waals surface area contributed by atoms with Crippen LogP contribution in [-0.2, 0) is 11.4 Å². The lowest BCUT2D eigenvalue weighted by Gasteiger charge is -2.15. The number of hydrogen-bond donors (Lipinski definition) is 0. The van der Waals surface area contributed by atoms with Gasteiger partial charge in [0.1, 0.15) is 6.61 Å². The van der Waals surface area contributed by atoms with Crippen molar-refractivity contribution in [2.75, 3.05) is 18.3 Å². The van der Waals surface area contributed by atoms with E-state index in [1.165, 1.54) is 22.5 Å². The summed E-state index contributed by atoms with van der Waals surface area (Å²) in [5.74, 6) is 1.12. The maximum absolute atomic E-state index is 13.2. The van der Waals surface area contributed by atoms with Gasteiger partial charge in [0.2, 0.25) is 0 Å². The summed E-state index contributed by atoms with van der Waals surface area (Å²) in [5.41, 5.74) is 2.72. The minimum atomic E-state index is -0.126. The fourth-order valence-electron chi connectivity index (χ4n) is 4.06. The molecule has 1 heterocycles. The number of ether oxygens (including phenoxy) is 2. The van der Waals surface area contributed by atoms with Gasteiger partial charge in [-0.3, -0.25) is 9.69 Å². The van der Waals surface area contributed by atoms with E-state index in [4.69, 9.17) is 21.7 Å². The zero-order chi connectivity index (χ0) is 25.1. The van der Waals surface area contributed by atoms with Crippen LogP contribution in [0.4, 0.5) is 5.69 Å². The second-order valence-electron chi connectivity index (χ2n) is 8.06. The molecule has 0 aliphatic carbocycles. The summed E-state index contributed by atoms with van der Waals surface area (Å²) in [6.45, 7) is 0.421. The third-order valence-electron chi connectivity index (χ3n) is 5.85. The fraction of sp³-hybridized carbons (Fsp3) is 0.103. The van der Waals surface area contributed by atoms with Crippen molar-refractivity contribution in [1.29, 1.82) is 0 Å².